The third kappa shape index (κ3) is 4.07. The fraction of sp³-hybridized carbons (Fsp3) is 0.471. The van der Waals surface area contributed by atoms with Gasteiger partial charge in [0, 0.05) is 18.9 Å². The van der Waals surface area contributed by atoms with E-state index in [1.807, 2.05) is 19.1 Å². The number of aryl methyl sites for hydroxylation is 1. The number of amides is 2. The van der Waals surface area contributed by atoms with Gasteiger partial charge in [0.25, 0.3) is 0 Å². The summed E-state index contributed by atoms with van der Waals surface area (Å²) in [5.41, 5.74) is 2.07. The highest BCUT2D eigenvalue weighted by atomic mass is 32.1. The Morgan fingerprint density at radius 3 is 2.87 bits per heavy atom. The molecule has 1 aromatic heterocycles. The van der Waals surface area contributed by atoms with Gasteiger partial charge in [-0.05, 0) is 37.5 Å². The van der Waals surface area contributed by atoms with Crippen LogP contribution in [0.2, 0.25) is 0 Å². The number of fused-ring (bicyclic) bond motifs is 1. The third-order valence-electron chi connectivity index (χ3n) is 4.17. The van der Waals surface area contributed by atoms with Crippen LogP contribution in [-0.4, -0.2) is 23.3 Å². The van der Waals surface area contributed by atoms with Crippen molar-refractivity contribution >= 4 is 38.5 Å². The average Bonchev–Trinajstić information content (AvgIpc) is 3.15. The number of carbonyl (C=O) groups excluding carboxylic acids is 2. The number of hydrogen-bond acceptors (Lipinski definition) is 4. The van der Waals surface area contributed by atoms with Gasteiger partial charge in [-0.3, -0.25) is 9.59 Å². The van der Waals surface area contributed by atoms with Gasteiger partial charge in [0.05, 0.1) is 10.2 Å². The van der Waals surface area contributed by atoms with Gasteiger partial charge in [0.1, 0.15) is 0 Å². The minimum absolute atomic E-state index is 0.0887. The van der Waals surface area contributed by atoms with E-state index in [1.54, 1.807) is 0 Å². The van der Waals surface area contributed by atoms with E-state index in [0.29, 0.717) is 11.7 Å². The first kappa shape index (κ1) is 15.9. The Labute approximate surface area is 139 Å². The molecule has 3 rings (SSSR count). The van der Waals surface area contributed by atoms with Crippen LogP contribution in [0, 0.1) is 12.8 Å². The average molecular weight is 331 g/mol. The van der Waals surface area contributed by atoms with Gasteiger partial charge in [0.2, 0.25) is 11.8 Å². The summed E-state index contributed by atoms with van der Waals surface area (Å²) in [7, 11) is 0. The fourth-order valence-corrected chi connectivity index (χ4v) is 3.88. The Morgan fingerprint density at radius 2 is 2.09 bits per heavy atom. The van der Waals surface area contributed by atoms with Gasteiger partial charge in [0.15, 0.2) is 5.13 Å². The molecule has 0 saturated heterocycles. The minimum atomic E-state index is -0.118. The maximum Gasteiger partial charge on any atom is 0.227 e. The molecule has 0 spiro atoms. The van der Waals surface area contributed by atoms with Crippen LogP contribution in [0.4, 0.5) is 5.13 Å². The molecule has 1 fully saturated rings. The zero-order chi connectivity index (χ0) is 16.2. The lowest BCUT2D eigenvalue weighted by atomic mass is 10.1. The smallest absolute Gasteiger partial charge is 0.227 e. The standard InChI is InChI=1S/C17H21N3O2S/c1-11-6-7-13-14(10-11)23-17(19-13)20-15(21)8-9-18-16(22)12-4-2-3-5-12/h6-7,10,12H,2-5,8-9H2,1H3,(H,18,22)(H,19,20,21). The summed E-state index contributed by atoms with van der Waals surface area (Å²) in [4.78, 5) is 28.2. The summed E-state index contributed by atoms with van der Waals surface area (Å²) >= 11 is 1.47. The van der Waals surface area contributed by atoms with Gasteiger partial charge in [-0.1, -0.05) is 30.2 Å². The SMILES string of the molecule is Cc1ccc2nc(NC(=O)CCNC(=O)C3CCCC3)sc2c1. The zero-order valence-electron chi connectivity index (χ0n) is 13.2. The van der Waals surface area contributed by atoms with Crippen molar-refractivity contribution in [3.8, 4) is 0 Å². The first-order valence-electron chi connectivity index (χ1n) is 8.06. The Morgan fingerprint density at radius 1 is 1.30 bits per heavy atom. The molecule has 0 unspecified atom stereocenters. The van der Waals surface area contributed by atoms with E-state index in [2.05, 4.69) is 21.7 Å². The minimum Gasteiger partial charge on any atom is -0.355 e. The summed E-state index contributed by atoms with van der Waals surface area (Å²) in [6, 6.07) is 6.02. The second-order valence-electron chi connectivity index (χ2n) is 6.06. The number of nitrogens with one attached hydrogen (secondary N) is 2. The summed E-state index contributed by atoms with van der Waals surface area (Å²) in [6.45, 7) is 2.41. The van der Waals surface area contributed by atoms with E-state index in [9.17, 15) is 9.59 Å². The van der Waals surface area contributed by atoms with Crippen molar-refractivity contribution in [2.75, 3.05) is 11.9 Å². The van der Waals surface area contributed by atoms with Crippen molar-refractivity contribution in [1.82, 2.24) is 10.3 Å². The second-order valence-corrected chi connectivity index (χ2v) is 7.09. The first-order valence-corrected chi connectivity index (χ1v) is 8.88. The number of carbonyl (C=O) groups is 2. The molecule has 0 atom stereocenters. The number of hydrogen-bond donors (Lipinski definition) is 2. The molecule has 1 aliphatic rings. The monoisotopic (exact) mass is 331 g/mol. The van der Waals surface area contributed by atoms with Crippen LogP contribution in [0.3, 0.4) is 0 Å². The molecule has 23 heavy (non-hydrogen) atoms. The number of benzene rings is 1. The Bertz CT molecular complexity index is 720. The van der Waals surface area contributed by atoms with Crippen LogP contribution in [-0.2, 0) is 9.59 Å². The Kier molecular flexibility index (Phi) is 4.91. The summed E-state index contributed by atoms with van der Waals surface area (Å²) in [6.07, 6.45) is 4.49. The molecule has 1 saturated carbocycles. The predicted octanol–water partition coefficient (Wildman–Crippen LogP) is 3.24. The highest BCUT2D eigenvalue weighted by molar-refractivity contribution is 7.22. The van der Waals surface area contributed by atoms with Gasteiger partial charge in [-0.25, -0.2) is 4.98 Å². The normalized spacial score (nSPS) is 15.0. The largest absolute Gasteiger partial charge is 0.355 e. The Hall–Kier alpha value is -1.95. The molecular weight excluding hydrogens is 310 g/mol. The van der Waals surface area contributed by atoms with Crippen molar-refractivity contribution in [3.05, 3.63) is 23.8 Å². The van der Waals surface area contributed by atoms with Crippen LogP contribution in [0.5, 0.6) is 0 Å². The zero-order valence-corrected chi connectivity index (χ0v) is 14.0. The summed E-state index contributed by atoms with van der Waals surface area (Å²) in [5.74, 6) is 0.115. The van der Waals surface area contributed by atoms with Crippen molar-refractivity contribution in [2.45, 2.75) is 39.0 Å². The fourth-order valence-electron chi connectivity index (χ4n) is 2.90. The lowest BCUT2D eigenvalue weighted by Gasteiger charge is -2.09. The predicted molar refractivity (Wildman–Crippen MR) is 92.6 cm³/mol. The maximum absolute atomic E-state index is 12.0. The molecule has 122 valence electrons. The van der Waals surface area contributed by atoms with E-state index in [1.165, 1.54) is 16.9 Å². The highest BCUT2D eigenvalue weighted by Gasteiger charge is 2.22. The van der Waals surface area contributed by atoms with Crippen molar-refractivity contribution in [3.63, 3.8) is 0 Å². The molecule has 0 radical (unpaired) electrons. The van der Waals surface area contributed by atoms with Crippen LogP contribution in [0.1, 0.15) is 37.7 Å². The van der Waals surface area contributed by atoms with Crippen molar-refractivity contribution in [2.24, 2.45) is 5.92 Å². The van der Waals surface area contributed by atoms with E-state index < -0.39 is 0 Å². The number of rotatable bonds is 5. The van der Waals surface area contributed by atoms with Gasteiger partial charge in [-0.2, -0.15) is 0 Å². The Balaban J connectivity index is 1.47. The van der Waals surface area contributed by atoms with Crippen LogP contribution in [0.15, 0.2) is 18.2 Å². The highest BCUT2D eigenvalue weighted by Crippen LogP contribution is 2.27. The lowest BCUT2D eigenvalue weighted by molar-refractivity contribution is -0.124. The van der Waals surface area contributed by atoms with Crippen molar-refractivity contribution in [1.29, 1.82) is 0 Å². The summed E-state index contributed by atoms with van der Waals surface area (Å²) in [5, 5.41) is 6.28. The number of aromatic nitrogens is 1. The van der Waals surface area contributed by atoms with Crippen LogP contribution < -0.4 is 10.6 Å². The molecule has 2 amide bonds. The third-order valence-corrected chi connectivity index (χ3v) is 5.10. The number of thiazole rings is 1. The second kappa shape index (κ2) is 7.08. The lowest BCUT2D eigenvalue weighted by Crippen LogP contribution is -2.31. The summed E-state index contributed by atoms with van der Waals surface area (Å²) < 4.78 is 1.06. The molecule has 1 heterocycles. The van der Waals surface area contributed by atoms with Crippen LogP contribution >= 0.6 is 11.3 Å². The van der Waals surface area contributed by atoms with E-state index in [0.717, 1.165) is 35.9 Å². The maximum atomic E-state index is 12.0. The molecule has 2 N–H and O–H groups in total. The quantitative estimate of drug-likeness (QED) is 0.883. The molecule has 6 heteroatoms. The first-order chi connectivity index (χ1) is 11.1. The van der Waals surface area contributed by atoms with E-state index >= 15 is 0 Å². The van der Waals surface area contributed by atoms with Gasteiger partial charge >= 0.3 is 0 Å². The van der Waals surface area contributed by atoms with Gasteiger partial charge in [-0.15, -0.1) is 0 Å². The van der Waals surface area contributed by atoms with Gasteiger partial charge < -0.3 is 10.6 Å². The van der Waals surface area contributed by atoms with E-state index in [4.69, 9.17) is 0 Å². The van der Waals surface area contributed by atoms with Crippen molar-refractivity contribution < 1.29 is 9.59 Å². The van der Waals surface area contributed by atoms with Crippen LogP contribution in [0.25, 0.3) is 10.2 Å². The van der Waals surface area contributed by atoms with E-state index in [-0.39, 0.29) is 24.2 Å². The molecule has 5 nitrogen and oxygen atoms in total. The number of anilines is 1. The molecular formula is C17H21N3O2S. The molecule has 0 aliphatic heterocycles. The molecule has 1 aromatic carbocycles. The molecule has 0 bridgehead atoms. The molecule has 2 aromatic rings. The number of nitrogens with zero attached hydrogens (tertiary/aromatic N) is 1. The topological polar surface area (TPSA) is 71.1 Å². The molecule has 1 aliphatic carbocycles.